The third-order valence-electron chi connectivity index (χ3n) is 4.03. The van der Waals surface area contributed by atoms with Crippen molar-refractivity contribution < 1.29 is 14.3 Å². The van der Waals surface area contributed by atoms with Gasteiger partial charge < -0.3 is 4.74 Å². The summed E-state index contributed by atoms with van der Waals surface area (Å²) in [5.41, 5.74) is 6.50. The molecule has 1 aliphatic heterocycles. The summed E-state index contributed by atoms with van der Waals surface area (Å²) < 4.78 is 5.16. The van der Waals surface area contributed by atoms with Crippen LogP contribution in [-0.4, -0.2) is 25.0 Å². The van der Waals surface area contributed by atoms with E-state index in [1.54, 1.807) is 23.9 Å². The first-order valence-corrected chi connectivity index (χ1v) is 9.63. The van der Waals surface area contributed by atoms with Crippen LogP contribution >= 0.6 is 23.4 Å². The summed E-state index contributed by atoms with van der Waals surface area (Å²) >= 11 is 7.58. The van der Waals surface area contributed by atoms with Crippen LogP contribution in [0.25, 0.3) is 0 Å². The molecule has 1 aliphatic rings. The minimum absolute atomic E-state index is 0.192. The van der Waals surface area contributed by atoms with Crippen molar-refractivity contribution in [3.8, 4) is 0 Å². The molecule has 0 unspecified atom stereocenters. The Labute approximate surface area is 161 Å². The molecular weight excluding hydrogens is 372 g/mol. The van der Waals surface area contributed by atoms with Crippen molar-refractivity contribution in [1.29, 1.82) is 0 Å². The average molecular weight is 391 g/mol. The fourth-order valence-electron chi connectivity index (χ4n) is 2.48. The highest BCUT2D eigenvalue weighted by Gasteiger charge is 2.23. The maximum absolute atomic E-state index is 12.1. The molecule has 3 rings (SSSR count). The van der Waals surface area contributed by atoms with Crippen LogP contribution in [0.3, 0.4) is 0 Å². The highest BCUT2D eigenvalue weighted by atomic mass is 35.5. The molecule has 0 aromatic heterocycles. The molecule has 5 nitrogen and oxygen atoms in total. The van der Waals surface area contributed by atoms with Gasteiger partial charge in [0.15, 0.2) is 0 Å². The molecule has 0 radical (unpaired) electrons. The highest BCUT2D eigenvalue weighted by Crippen LogP contribution is 2.24. The number of thioether (sulfide) groups is 1. The number of nitrogens with one attached hydrogen (secondary N) is 2. The molecule has 1 atom stereocenters. The van der Waals surface area contributed by atoms with Crippen molar-refractivity contribution in [2.45, 2.75) is 17.1 Å². The SMILES string of the molecule is O=C(NNC(=O)[C@H]1CCOC1)c1ccc(CSc2ccc(Cl)cc2)cc1. The molecule has 2 amide bonds. The topological polar surface area (TPSA) is 67.4 Å². The monoisotopic (exact) mass is 390 g/mol. The first-order chi connectivity index (χ1) is 12.6. The van der Waals surface area contributed by atoms with Gasteiger partial charge in [0.1, 0.15) is 0 Å². The molecule has 2 N–H and O–H groups in total. The van der Waals surface area contributed by atoms with E-state index >= 15 is 0 Å². The Morgan fingerprint density at radius 3 is 2.46 bits per heavy atom. The number of hydrogen-bond donors (Lipinski definition) is 2. The summed E-state index contributed by atoms with van der Waals surface area (Å²) in [5.74, 6) is 0.0469. The predicted molar refractivity (Wildman–Crippen MR) is 102 cm³/mol. The molecule has 1 saturated heterocycles. The first kappa shape index (κ1) is 18.8. The molecule has 136 valence electrons. The number of rotatable bonds is 5. The third kappa shape index (κ3) is 5.24. The van der Waals surface area contributed by atoms with Gasteiger partial charge in [-0.05, 0) is 48.4 Å². The van der Waals surface area contributed by atoms with E-state index < -0.39 is 0 Å². The van der Waals surface area contributed by atoms with Crippen LogP contribution < -0.4 is 10.9 Å². The number of hydrazine groups is 1. The average Bonchev–Trinajstić information content (AvgIpc) is 3.21. The lowest BCUT2D eigenvalue weighted by molar-refractivity contribution is -0.125. The van der Waals surface area contributed by atoms with Gasteiger partial charge in [-0.3, -0.25) is 20.4 Å². The smallest absolute Gasteiger partial charge is 0.269 e. The molecule has 26 heavy (non-hydrogen) atoms. The minimum Gasteiger partial charge on any atom is -0.381 e. The number of hydrogen-bond acceptors (Lipinski definition) is 4. The minimum atomic E-state index is -0.339. The van der Waals surface area contributed by atoms with Gasteiger partial charge in [-0.15, -0.1) is 11.8 Å². The largest absolute Gasteiger partial charge is 0.381 e. The first-order valence-electron chi connectivity index (χ1n) is 8.27. The van der Waals surface area contributed by atoms with E-state index in [9.17, 15) is 9.59 Å². The standard InChI is InChI=1S/C19H19ClN2O3S/c20-16-5-7-17(8-6-16)26-12-13-1-3-14(4-2-13)18(23)21-22-19(24)15-9-10-25-11-15/h1-8,15H,9-12H2,(H,21,23)(H,22,24)/t15-/m0/s1. The summed E-state index contributed by atoms with van der Waals surface area (Å²) in [4.78, 5) is 25.1. The Morgan fingerprint density at radius 1 is 1.08 bits per heavy atom. The van der Waals surface area contributed by atoms with Gasteiger partial charge in [0.25, 0.3) is 5.91 Å². The second kappa shape index (κ2) is 9.07. The van der Waals surface area contributed by atoms with Gasteiger partial charge in [-0.2, -0.15) is 0 Å². The molecule has 7 heteroatoms. The second-order valence-electron chi connectivity index (χ2n) is 5.94. The van der Waals surface area contributed by atoms with Crippen LogP contribution in [0.2, 0.25) is 5.02 Å². The Morgan fingerprint density at radius 2 is 1.81 bits per heavy atom. The lowest BCUT2D eigenvalue weighted by Gasteiger charge is -2.11. The van der Waals surface area contributed by atoms with Crippen LogP contribution in [0.15, 0.2) is 53.4 Å². The number of halogens is 1. The molecule has 0 aliphatic carbocycles. The summed E-state index contributed by atoms with van der Waals surface area (Å²) in [5, 5.41) is 0.720. The summed E-state index contributed by atoms with van der Waals surface area (Å²) in [7, 11) is 0. The lowest BCUT2D eigenvalue weighted by atomic mass is 10.1. The Balaban J connectivity index is 1.47. The maximum Gasteiger partial charge on any atom is 0.269 e. The number of benzene rings is 2. The summed E-state index contributed by atoms with van der Waals surface area (Å²) in [6, 6.07) is 15.0. The van der Waals surface area contributed by atoms with Gasteiger partial charge in [0.05, 0.1) is 12.5 Å². The fraction of sp³-hybridized carbons (Fsp3) is 0.263. The van der Waals surface area contributed by atoms with Crippen LogP contribution in [0.5, 0.6) is 0 Å². The molecular formula is C19H19ClN2O3S. The van der Waals surface area contributed by atoms with Gasteiger partial charge in [-0.1, -0.05) is 23.7 Å². The van der Waals surface area contributed by atoms with E-state index in [4.69, 9.17) is 16.3 Å². The van der Waals surface area contributed by atoms with E-state index in [0.717, 1.165) is 21.2 Å². The van der Waals surface area contributed by atoms with Crippen LogP contribution in [0.1, 0.15) is 22.3 Å². The predicted octanol–water partition coefficient (Wildman–Crippen LogP) is 3.43. The normalized spacial score (nSPS) is 16.3. The van der Waals surface area contributed by atoms with E-state index in [2.05, 4.69) is 10.9 Å². The van der Waals surface area contributed by atoms with Crippen molar-refractivity contribution >= 4 is 35.2 Å². The van der Waals surface area contributed by atoms with E-state index in [1.165, 1.54) is 0 Å². The number of carbonyl (C=O) groups excluding carboxylic acids is 2. The number of carbonyl (C=O) groups is 2. The van der Waals surface area contributed by atoms with E-state index in [1.807, 2.05) is 36.4 Å². The van der Waals surface area contributed by atoms with Gasteiger partial charge in [0, 0.05) is 27.8 Å². The highest BCUT2D eigenvalue weighted by molar-refractivity contribution is 7.98. The molecule has 0 spiro atoms. The van der Waals surface area contributed by atoms with Crippen molar-refractivity contribution in [3.63, 3.8) is 0 Å². The summed E-state index contributed by atoms with van der Waals surface area (Å²) in [6.07, 6.45) is 0.682. The zero-order valence-corrected chi connectivity index (χ0v) is 15.6. The van der Waals surface area contributed by atoms with Crippen molar-refractivity contribution in [1.82, 2.24) is 10.9 Å². The van der Waals surface area contributed by atoms with Crippen molar-refractivity contribution in [2.75, 3.05) is 13.2 Å². The number of amides is 2. The van der Waals surface area contributed by atoms with E-state index in [-0.39, 0.29) is 17.7 Å². The van der Waals surface area contributed by atoms with Crippen molar-refractivity contribution in [3.05, 3.63) is 64.7 Å². The lowest BCUT2D eigenvalue weighted by Crippen LogP contribution is -2.44. The molecule has 0 bridgehead atoms. The molecule has 2 aromatic rings. The molecule has 2 aromatic carbocycles. The molecule has 0 saturated carbocycles. The molecule has 1 fully saturated rings. The van der Waals surface area contributed by atoms with Gasteiger partial charge >= 0.3 is 0 Å². The van der Waals surface area contributed by atoms with Crippen LogP contribution in [0, 0.1) is 5.92 Å². The van der Waals surface area contributed by atoms with Crippen LogP contribution in [-0.2, 0) is 15.3 Å². The zero-order valence-electron chi connectivity index (χ0n) is 14.0. The quantitative estimate of drug-likeness (QED) is 0.606. The van der Waals surface area contributed by atoms with Crippen molar-refractivity contribution in [2.24, 2.45) is 5.92 Å². The Bertz CT molecular complexity index is 759. The summed E-state index contributed by atoms with van der Waals surface area (Å²) in [6.45, 7) is 0.989. The maximum atomic E-state index is 12.1. The van der Waals surface area contributed by atoms with E-state index in [0.29, 0.717) is 25.2 Å². The van der Waals surface area contributed by atoms with Crippen LogP contribution in [0.4, 0.5) is 0 Å². The fourth-order valence-corrected chi connectivity index (χ4v) is 3.46. The number of ether oxygens (including phenoxy) is 1. The molecule has 1 heterocycles. The van der Waals surface area contributed by atoms with Gasteiger partial charge in [-0.25, -0.2) is 0 Å². The third-order valence-corrected chi connectivity index (χ3v) is 5.37. The zero-order chi connectivity index (χ0) is 18.4. The second-order valence-corrected chi connectivity index (χ2v) is 7.43. The Hall–Kier alpha value is -2.02. The Kier molecular flexibility index (Phi) is 6.55. The van der Waals surface area contributed by atoms with Gasteiger partial charge in [0.2, 0.25) is 5.91 Å².